The third-order valence-electron chi connectivity index (χ3n) is 3.18. The molecule has 3 aromatic rings. The van der Waals surface area contributed by atoms with Crippen LogP contribution in [0.3, 0.4) is 0 Å². The number of ether oxygens (including phenoxy) is 1. The molecule has 3 heteroatoms. The minimum Gasteiger partial charge on any atom is -0.496 e. The number of rotatable bonds is 3. The van der Waals surface area contributed by atoms with Crippen molar-refractivity contribution in [3.63, 3.8) is 0 Å². The first-order valence-electron chi connectivity index (χ1n) is 6.06. The monoisotopic (exact) mass is 270 g/mol. The number of methoxy groups -OCH3 is 1. The number of hydrogen-bond donors (Lipinski definition) is 0. The van der Waals surface area contributed by atoms with E-state index in [0.717, 1.165) is 33.8 Å². The lowest BCUT2D eigenvalue weighted by atomic mass is 10.2. The highest BCUT2D eigenvalue weighted by molar-refractivity contribution is 6.31. The second kappa shape index (κ2) is 4.98. The number of aromatic nitrogens is 1. The maximum Gasteiger partial charge on any atom is 0.123 e. The van der Waals surface area contributed by atoms with Gasteiger partial charge in [-0.3, -0.25) is 0 Å². The summed E-state index contributed by atoms with van der Waals surface area (Å²) in [5.74, 6) is 0.895. The molecule has 0 unspecified atom stereocenters. The number of hydrogen-bond acceptors (Lipinski definition) is 1. The molecule has 0 saturated heterocycles. The topological polar surface area (TPSA) is 14.2 Å². The zero-order valence-corrected chi connectivity index (χ0v) is 11.3. The highest BCUT2D eigenvalue weighted by Gasteiger charge is 2.06. The average molecular weight is 271 g/mol. The Labute approximate surface area is 117 Å². The van der Waals surface area contributed by atoms with E-state index < -0.39 is 0 Å². The first-order chi connectivity index (χ1) is 9.28. The Morgan fingerprint density at radius 3 is 2.89 bits per heavy atom. The fraction of sp³-hybridized carbons (Fsp3) is 0.125. The summed E-state index contributed by atoms with van der Waals surface area (Å²) < 4.78 is 7.45. The van der Waals surface area contributed by atoms with Gasteiger partial charge in [-0.1, -0.05) is 29.8 Å². The minimum absolute atomic E-state index is 0.731. The fourth-order valence-corrected chi connectivity index (χ4v) is 2.42. The highest BCUT2D eigenvalue weighted by atomic mass is 35.5. The molecule has 0 saturated carbocycles. The van der Waals surface area contributed by atoms with Crippen molar-refractivity contribution in [2.75, 3.05) is 7.11 Å². The summed E-state index contributed by atoms with van der Waals surface area (Å²) in [4.78, 5) is 0. The number of para-hydroxylation sites is 1. The minimum atomic E-state index is 0.731. The van der Waals surface area contributed by atoms with E-state index in [2.05, 4.69) is 16.8 Å². The molecule has 0 amide bonds. The van der Waals surface area contributed by atoms with Crippen LogP contribution in [0, 0.1) is 6.20 Å². The number of halogens is 1. The molecule has 0 aliphatic heterocycles. The van der Waals surface area contributed by atoms with Gasteiger partial charge in [-0.15, -0.1) is 0 Å². The van der Waals surface area contributed by atoms with Crippen LogP contribution in [0.25, 0.3) is 10.9 Å². The molecule has 19 heavy (non-hydrogen) atoms. The Morgan fingerprint density at radius 1 is 1.21 bits per heavy atom. The molecule has 0 aliphatic rings. The smallest absolute Gasteiger partial charge is 0.123 e. The summed E-state index contributed by atoms with van der Waals surface area (Å²) in [6.45, 7) is 0.731. The number of benzene rings is 2. The zero-order chi connectivity index (χ0) is 13.2. The third kappa shape index (κ3) is 2.32. The van der Waals surface area contributed by atoms with E-state index in [1.54, 1.807) is 7.11 Å². The van der Waals surface area contributed by atoms with Crippen molar-refractivity contribution < 1.29 is 4.74 Å². The maximum absolute atomic E-state index is 5.99. The normalized spacial score (nSPS) is 10.8. The number of nitrogens with zero attached hydrogens (tertiary/aromatic N) is 1. The van der Waals surface area contributed by atoms with Crippen LogP contribution in [-0.2, 0) is 6.54 Å². The molecule has 0 atom stereocenters. The van der Waals surface area contributed by atoms with Gasteiger partial charge in [0.2, 0.25) is 0 Å². The largest absolute Gasteiger partial charge is 0.496 e. The Morgan fingerprint density at radius 2 is 2.05 bits per heavy atom. The van der Waals surface area contributed by atoms with Gasteiger partial charge in [0.25, 0.3) is 0 Å². The van der Waals surface area contributed by atoms with Crippen LogP contribution in [0.15, 0.2) is 48.5 Å². The first-order valence-corrected chi connectivity index (χ1v) is 6.44. The van der Waals surface area contributed by atoms with Crippen molar-refractivity contribution in [1.82, 2.24) is 4.57 Å². The van der Waals surface area contributed by atoms with E-state index >= 15 is 0 Å². The Hall–Kier alpha value is -1.93. The zero-order valence-electron chi connectivity index (χ0n) is 10.6. The van der Waals surface area contributed by atoms with E-state index in [1.807, 2.05) is 42.5 Å². The van der Waals surface area contributed by atoms with E-state index in [1.165, 1.54) is 0 Å². The standard InChI is InChI=1S/C16H13ClNO/c1-19-16-5-3-2-4-13(16)11-18-9-8-12-10-14(17)6-7-15(12)18/h2-8,10H,11H2,1H3. The van der Waals surface area contributed by atoms with Crippen LogP contribution in [0.1, 0.15) is 5.56 Å². The molecular weight excluding hydrogens is 258 g/mol. The average Bonchev–Trinajstić information content (AvgIpc) is 2.82. The van der Waals surface area contributed by atoms with Crippen molar-refractivity contribution in [1.29, 1.82) is 0 Å². The molecule has 0 N–H and O–H groups in total. The second-order valence-corrected chi connectivity index (χ2v) is 4.81. The molecule has 0 bridgehead atoms. The van der Waals surface area contributed by atoms with E-state index in [9.17, 15) is 0 Å². The molecule has 2 nitrogen and oxygen atoms in total. The number of fused-ring (bicyclic) bond motifs is 1. The molecule has 0 fully saturated rings. The molecule has 1 heterocycles. The van der Waals surface area contributed by atoms with Crippen LogP contribution in [0.4, 0.5) is 0 Å². The van der Waals surface area contributed by atoms with E-state index in [-0.39, 0.29) is 0 Å². The Balaban J connectivity index is 2.01. The maximum atomic E-state index is 5.99. The van der Waals surface area contributed by atoms with Gasteiger partial charge in [-0.2, -0.15) is 0 Å². The van der Waals surface area contributed by atoms with Crippen molar-refractivity contribution in [3.8, 4) is 5.75 Å². The molecule has 95 valence electrons. The van der Waals surface area contributed by atoms with Gasteiger partial charge in [0.15, 0.2) is 0 Å². The van der Waals surface area contributed by atoms with Crippen LogP contribution < -0.4 is 4.74 Å². The lowest BCUT2D eigenvalue weighted by Gasteiger charge is -2.10. The molecule has 0 aliphatic carbocycles. The Kier molecular flexibility index (Phi) is 3.18. The SMILES string of the molecule is COc1ccccc1Cn1[c]cc2cc(Cl)ccc21. The van der Waals surface area contributed by atoms with Gasteiger partial charge >= 0.3 is 0 Å². The molecular formula is C16H13ClNO. The third-order valence-corrected chi connectivity index (χ3v) is 3.41. The molecule has 1 radical (unpaired) electrons. The fourth-order valence-electron chi connectivity index (χ4n) is 2.24. The van der Waals surface area contributed by atoms with E-state index in [4.69, 9.17) is 16.3 Å². The van der Waals surface area contributed by atoms with Crippen molar-refractivity contribution in [3.05, 3.63) is 65.3 Å². The van der Waals surface area contributed by atoms with Gasteiger partial charge in [-0.25, -0.2) is 0 Å². The molecule has 2 aromatic carbocycles. The van der Waals surface area contributed by atoms with Crippen molar-refractivity contribution in [2.45, 2.75) is 6.54 Å². The summed E-state index contributed by atoms with van der Waals surface area (Å²) >= 11 is 5.99. The summed E-state index contributed by atoms with van der Waals surface area (Å²) in [6.07, 6.45) is 3.24. The van der Waals surface area contributed by atoms with Gasteiger partial charge in [0.1, 0.15) is 5.75 Å². The molecule has 0 spiro atoms. The van der Waals surface area contributed by atoms with Crippen LogP contribution in [0.5, 0.6) is 5.75 Å². The summed E-state index contributed by atoms with van der Waals surface area (Å²) in [7, 11) is 1.69. The summed E-state index contributed by atoms with van der Waals surface area (Å²) in [5.41, 5.74) is 2.25. The van der Waals surface area contributed by atoms with Crippen molar-refractivity contribution >= 4 is 22.5 Å². The van der Waals surface area contributed by atoms with Crippen LogP contribution in [0.2, 0.25) is 5.02 Å². The lowest BCUT2D eigenvalue weighted by molar-refractivity contribution is 0.408. The molecule has 3 rings (SSSR count). The van der Waals surface area contributed by atoms with E-state index in [0.29, 0.717) is 0 Å². The van der Waals surface area contributed by atoms with Gasteiger partial charge in [0, 0.05) is 21.5 Å². The predicted molar refractivity (Wildman–Crippen MR) is 77.9 cm³/mol. The first kappa shape index (κ1) is 12.1. The van der Waals surface area contributed by atoms with Gasteiger partial charge in [0.05, 0.1) is 19.9 Å². The van der Waals surface area contributed by atoms with Crippen molar-refractivity contribution in [2.24, 2.45) is 0 Å². The predicted octanol–water partition coefficient (Wildman–Crippen LogP) is 4.15. The highest BCUT2D eigenvalue weighted by Crippen LogP contribution is 2.23. The lowest BCUT2D eigenvalue weighted by Crippen LogP contribution is -2.00. The van der Waals surface area contributed by atoms with Gasteiger partial charge < -0.3 is 9.30 Å². The Bertz CT molecular complexity index is 718. The quantitative estimate of drug-likeness (QED) is 0.697. The second-order valence-electron chi connectivity index (χ2n) is 4.37. The summed E-state index contributed by atoms with van der Waals surface area (Å²) in [5, 5.41) is 1.85. The van der Waals surface area contributed by atoms with Gasteiger partial charge in [-0.05, 0) is 30.3 Å². The summed E-state index contributed by atoms with van der Waals surface area (Å²) in [6, 6.07) is 15.8. The van der Waals surface area contributed by atoms with Crippen LogP contribution in [-0.4, -0.2) is 11.7 Å². The molecule has 1 aromatic heterocycles. The van der Waals surface area contributed by atoms with Crippen LogP contribution >= 0.6 is 11.6 Å².